The number of hydrogen-bond donors (Lipinski definition) is 2. The van der Waals surface area contributed by atoms with Gasteiger partial charge in [0.25, 0.3) is 0 Å². The van der Waals surface area contributed by atoms with Gasteiger partial charge >= 0.3 is 0 Å². The minimum atomic E-state index is 0.0943. The second kappa shape index (κ2) is 8.55. The van der Waals surface area contributed by atoms with Crippen molar-refractivity contribution in [2.45, 2.75) is 44.4 Å². The molecular formula is C20H23Cl2N3S. The molecule has 1 aromatic carbocycles. The number of nitrogens with zero attached hydrogens (tertiary/aromatic N) is 1. The molecule has 0 atom stereocenters. The molecule has 1 aromatic heterocycles. The maximum atomic E-state index is 6.08. The lowest BCUT2D eigenvalue weighted by Crippen LogP contribution is -2.43. The van der Waals surface area contributed by atoms with Crippen molar-refractivity contribution in [1.82, 2.24) is 10.3 Å². The molecule has 6 heteroatoms. The first-order chi connectivity index (χ1) is 12.5. The van der Waals surface area contributed by atoms with Crippen molar-refractivity contribution < 1.29 is 0 Å². The summed E-state index contributed by atoms with van der Waals surface area (Å²) in [5.74, 6) is 0.732. The van der Waals surface area contributed by atoms with Crippen LogP contribution in [0.3, 0.4) is 0 Å². The minimum absolute atomic E-state index is 0.0943. The number of anilines is 1. The zero-order chi connectivity index (χ0) is 18.6. The highest BCUT2D eigenvalue weighted by molar-refractivity contribution is 7.80. The van der Waals surface area contributed by atoms with Crippen molar-refractivity contribution in [3.63, 3.8) is 0 Å². The zero-order valence-electron chi connectivity index (χ0n) is 14.8. The number of rotatable bonds is 4. The van der Waals surface area contributed by atoms with E-state index in [9.17, 15) is 0 Å². The van der Waals surface area contributed by atoms with Gasteiger partial charge in [-0.15, -0.1) is 0 Å². The molecule has 1 saturated carbocycles. The van der Waals surface area contributed by atoms with Crippen LogP contribution in [0.2, 0.25) is 10.0 Å². The van der Waals surface area contributed by atoms with Gasteiger partial charge in [-0.3, -0.25) is 0 Å². The SMILES string of the molecule is Cc1cc(Cl)cnc1NC(=S)NCC1(c2ccc(Cl)cc2)CCCCC1. The molecule has 138 valence electrons. The van der Waals surface area contributed by atoms with E-state index in [0.717, 1.165) is 35.8 Å². The molecule has 1 heterocycles. The first-order valence-corrected chi connectivity index (χ1v) is 10.1. The number of halogens is 2. The summed E-state index contributed by atoms with van der Waals surface area (Å²) in [5.41, 5.74) is 2.39. The molecule has 0 unspecified atom stereocenters. The van der Waals surface area contributed by atoms with Gasteiger partial charge in [0, 0.05) is 23.2 Å². The monoisotopic (exact) mass is 407 g/mol. The summed E-state index contributed by atoms with van der Waals surface area (Å²) in [4.78, 5) is 4.31. The predicted molar refractivity (Wildman–Crippen MR) is 114 cm³/mol. The summed E-state index contributed by atoms with van der Waals surface area (Å²) in [6.07, 6.45) is 7.71. The van der Waals surface area contributed by atoms with Crippen LogP contribution >= 0.6 is 35.4 Å². The molecule has 0 bridgehead atoms. The predicted octanol–water partition coefficient (Wildman–Crippen LogP) is 5.89. The topological polar surface area (TPSA) is 37.0 Å². The molecule has 1 aliphatic rings. The van der Waals surface area contributed by atoms with E-state index in [4.69, 9.17) is 35.4 Å². The van der Waals surface area contributed by atoms with E-state index in [-0.39, 0.29) is 5.41 Å². The van der Waals surface area contributed by atoms with Crippen LogP contribution in [-0.2, 0) is 5.41 Å². The van der Waals surface area contributed by atoms with E-state index >= 15 is 0 Å². The third-order valence-electron chi connectivity index (χ3n) is 5.13. The lowest BCUT2D eigenvalue weighted by atomic mass is 9.69. The molecule has 0 radical (unpaired) electrons. The van der Waals surface area contributed by atoms with Gasteiger partial charge in [0.1, 0.15) is 5.82 Å². The summed E-state index contributed by atoms with van der Waals surface area (Å²) >= 11 is 17.5. The number of aryl methyl sites for hydroxylation is 1. The van der Waals surface area contributed by atoms with Crippen LogP contribution in [-0.4, -0.2) is 16.6 Å². The van der Waals surface area contributed by atoms with Crippen LogP contribution in [0.1, 0.15) is 43.2 Å². The van der Waals surface area contributed by atoms with Gasteiger partial charge in [-0.05, 0) is 61.3 Å². The fourth-order valence-corrected chi connectivity index (χ4v) is 4.18. The Morgan fingerprint density at radius 1 is 1.12 bits per heavy atom. The highest BCUT2D eigenvalue weighted by atomic mass is 35.5. The number of hydrogen-bond acceptors (Lipinski definition) is 2. The first kappa shape index (κ1) is 19.4. The number of aromatic nitrogens is 1. The van der Waals surface area contributed by atoms with Crippen LogP contribution in [0.5, 0.6) is 0 Å². The summed E-state index contributed by atoms with van der Waals surface area (Å²) in [7, 11) is 0. The molecule has 3 rings (SSSR count). The van der Waals surface area contributed by atoms with Gasteiger partial charge in [-0.25, -0.2) is 4.98 Å². The summed E-state index contributed by atoms with van der Waals surface area (Å²) in [6, 6.07) is 10.1. The fraction of sp³-hybridized carbons (Fsp3) is 0.400. The molecule has 0 saturated heterocycles. The third kappa shape index (κ3) is 4.67. The van der Waals surface area contributed by atoms with E-state index in [0.29, 0.717) is 10.1 Å². The van der Waals surface area contributed by atoms with E-state index in [1.165, 1.54) is 24.8 Å². The molecule has 3 nitrogen and oxygen atoms in total. The highest BCUT2D eigenvalue weighted by Gasteiger charge is 2.33. The number of thiocarbonyl (C=S) groups is 1. The van der Waals surface area contributed by atoms with E-state index in [1.54, 1.807) is 6.20 Å². The van der Waals surface area contributed by atoms with E-state index in [1.807, 2.05) is 25.1 Å². The molecule has 1 aliphatic carbocycles. The van der Waals surface area contributed by atoms with Crippen LogP contribution < -0.4 is 10.6 Å². The van der Waals surface area contributed by atoms with Crippen molar-refractivity contribution in [1.29, 1.82) is 0 Å². The summed E-state index contributed by atoms with van der Waals surface area (Å²) < 4.78 is 0. The van der Waals surface area contributed by atoms with Gasteiger partial charge < -0.3 is 10.6 Å². The largest absolute Gasteiger partial charge is 0.362 e. The second-order valence-electron chi connectivity index (χ2n) is 6.97. The second-order valence-corrected chi connectivity index (χ2v) is 8.26. The van der Waals surface area contributed by atoms with E-state index in [2.05, 4.69) is 27.8 Å². The van der Waals surface area contributed by atoms with Gasteiger partial charge in [0.15, 0.2) is 5.11 Å². The lowest BCUT2D eigenvalue weighted by Gasteiger charge is -2.38. The van der Waals surface area contributed by atoms with Crippen LogP contribution in [0.15, 0.2) is 36.5 Å². The van der Waals surface area contributed by atoms with Crippen LogP contribution in [0, 0.1) is 6.92 Å². The van der Waals surface area contributed by atoms with E-state index < -0.39 is 0 Å². The van der Waals surface area contributed by atoms with Crippen molar-refractivity contribution in [3.8, 4) is 0 Å². The Morgan fingerprint density at radius 3 is 2.46 bits per heavy atom. The Bertz CT molecular complexity index is 771. The normalized spacial score (nSPS) is 16.1. The van der Waals surface area contributed by atoms with Crippen molar-refractivity contribution in [2.75, 3.05) is 11.9 Å². The molecule has 0 aliphatic heterocycles. The van der Waals surface area contributed by atoms with Crippen molar-refractivity contribution >= 4 is 46.4 Å². The Morgan fingerprint density at radius 2 is 1.81 bits per heavy atom. The molecule has 0 amide bonds. The third-order valence-corrected chi connectivity index (χ3v) is 5.84. The Kier molecular flexibility index (Phi) is 6.38. The Balaban J connectivity index is 1.69. The molecule has 0 spiro atoms. The number of benzene rings is 1. The van der Waals surface area contributed by atoms with Gasteiger partial charge in [0.05, 0.1) is 5.02 Å². The Labute approximate surface area is 170 Å². The molecule has 1 fully saturated rings. The van der Waals surface area contributed by atoms with Gasteiger partial charge in [0.2, 0.25) is 0 Å². The fourth-order valence-electron chi connectivity index (χ4n) is 3.67. The molecule has 26 heavy (non-hydrogen) atoms. The minimum Gasteiger partial charge on any atom is -0.362 e. The van der Waals surface area contributed by atoms with Gasteiger partial charge in [-0.2, -0.15) is 0 Å². The molecule has 2 N–H and O–H groups in total. The summed E-state index contributed by atoms with van der Waals surface area (Å²) in [5, 5.41) is 8.57. The standard InChI is InChI=1S/C20H23Cl2N3S/c1-14-11-17(22)12-23-18(14)25-19(26)24-13-20(9-3-2-4-10-20)15-5-7-16(21)8-6-15/h5-8,11-12H,2-4,9-10,13H2,1H3,(H2,23,24,25,26). The zero-order valence-corrected chi connectivity index (χ0v) is 17.1. The first-order valence-electron chi connectivity index (χ1n) is 8.92. The molecule has 2 aromatic rings. The van der Waals surface area contributed by atoms with Crippen molar-refractivity contribution in [2.24, 2.45) is 0 Å². The Hall–Kier alpha value is -1.36. The number of nitrogens with one attached hydrogen (secondary N) is 2. The highest BCUT2D eigenvalue weighted by Crippen LogP contribution is 2.39. The average Bonchev–Trinajstić information content (AvgIpc) is 2.64. The summed E-state index contributed by atoms with van der Waals surface area (Å²) in [6.45, 7) is 2.76. The van der Waals surface area contributed by atoms with Crippen molar-refractivity contribution in [3.05, 3.63) is 57.7 Å². The lowest BCUT2D eigenvalue weighted by molar-refractivity contribution is 0.292. The quantitative estimate of drug-likeness (QED) is 0.619. The maximum absolute atomic E-state index is 6.08. The smallest absolute Gasteiger partial charge is 0.171 e. The molecular weight excluding hydrogens is 385 g/mol. The van der Waals surface area contributed by atoms with Crippen LogP contribution in [0.4, 0.5) is 5.82 Å². The average molecular weight is 408 g/mol. The number of pyridine rings is 1. The van der Waals surface area contributed by atoms with Crippen LogP contribution in [0.25, 0.3) is 0 Å². The van der Waals surface area contributed by atoms with Gasteiger partial charge in [-0.1, -0.05) is 54.6 Å². The maximum Gasteiger partial charge on any atom is 0.171 e.